The summed E-state index contributed by atoms with van der Waals surface area (Å²) in [4.78, 5) is 24.5. The van der Waals surface area contributed by atoms with Crippen LogP contribution in [0.3, 0.4) is 0 Å². The molecule has 2 rings (SSSR count). The van der Waals surface area contributed by atoms with Gasteiger partial charge in [-0.15, -0.1) is 0 Å². The van der Waals surface area contributed by atoms with Gasteiger partial charge in [-0.25, -0.2) is 0 Å². The fraction of sp³-hybridized carbons (Fsp3) is 0.300. The number of para-hydroxylation sites is 1. The molecule has 0 unspecified atom stereocenters. The normalized spacial score (nSPS) is 10.3. The highest BCUT2D eigenvalue weighted by Gasteiger charge is 2.13. The molecule has 0 atom stereocenters. The quantitative estimate of drug-likeness (QED) is 0.627. The lowest BCUT2D eigenvalue weighted by atomic mass is 10.1. The molecule has 5 nitrogen and oxygen atoms in total. The number of amides is 2. The first-order valence-corrected chi connectivity index (χ1v) is 9.36. The number of aryl methyl sites for hydroxylation is 1. The summed E-state index contributed by atoms with van der Waals surface area (Å²) in [5.41, 5.74) is 1.94. The monoisotopic (exact) mass is 418 g/mol. The van der Waals surface area contributed by atoms with Gasteiger partial charge in [-0.1, -0.05) is 41.4 Å². The maximum absolute atomic E-state index is 12.3. The highest BCUT2D eigenvalue weighted by molar-refractivity contribution is 9.10. The molecule has 6 heteroatoms. The summed E-state index contributed by atoms with van der Waals surface area (Å²) in [6.45, 7) is 4.49. The van der Waals surface area contributed by atoms with Crippen LogP contribution in [0, 0.1) is 6.92 Å². The lowest BCUT2D eigenvalue weighted by Gasteiger charge is -2.12. The number of hydrogen-bond donors (Lipinski definition) is 2. The Morgan fingerprint density at radius 3 is 2.65 bits per heavy atom. The van der Waals surface area contributed by atoms with Crippen LogP contribution in [-0.2, 0) is 4.79 Å². The Bertz CT molecular complexity index is 777. The molecule has 0 saturated carbocycles. The van der Waals surface area contributed by atoms with Gasteiger partial charge in [-0.05, 0) is 49.2 Å². The van der Waals surface area contributed by atoms with Crippen LogP contribution in [0.5, 0.6) is 5.75 Å². The first-order chi connectivity index (χ1) is 12.5. The molecule has 0 aliphatic rings. The van der Waals surface area contributed by atoms with E-state index in [1.165, 1.54) is 0 Å². The SMILES string of the molecule is CCCCNC(=O)c1ccccc1NC(=O)COc1ccc(Br)c(C)c1. The van der Waals surface area contributed by atoms with Crippen LogP contribution >= 0.6 is 15.9 Å². The van der Waals surface area contributed by atoms with Crippen LogP contribution in [0.1, 0.15) is 35.7 Å². The molecule has 0 aliphatic heterocycles. The van der Waals surface area contributed by atoms with E-state index in [0.717, 1.165) is 22.9 Å². The standard InChI is InChI=1S/C20H23BrN2O3/c1-3-4-11-22-20(25)16-7-5-6-8-18(16)23-19(24)13-26-15-9-10-17(21)14(2)12-15/h5-10,12H,3-4,11,13H2,1-2H3,(H,22,25)(H,23,24). The molecule has 26 heavy (non-hydrogen) atoms. The van der Waals surface area contributed by atoms with E-state index in [9.17, 15) is 9.59 Å². The van der Waals surface area contributed by atoms with Crippen LogP contribution in [0.2, 0.25) is 0 Å². The second-order valence-electron chi connectivity index (χ2n) is 5.90. The van der Waals surface area contributed by atoms with Gasteiger partial charge >= 0.3 is 0 Å². The van der Waals surface area contributed by atoms with E-state index >= 15 is 0 Å². The lowest BCUT2D eigenvalue weighted by Crippen LogP contribution is -2.27. The van der Waals surface area contributed by atoms with E-state index < -0.39 is 0 Å². The minimum absolute atomic E-state index is 0.132. The van der Waals surface area contributed by atoms with Crippen molar-refractivity contribution in [3.63, 3.8) is 0 Å². The molecule has 0 bridgehead atoms. The fourth-order valence-electron chi connectivity index (χ4n) is 2.31. The summed E-state index contributed by atoms with van der Waals surface area (Å²) in [7, 11) is 0. The third kappa shape index (κ3) is 5.88. The molecule has 2 N–H and O–H groups in total. The Morgan fingerprint density at radius 2 is 1.92 bits per heavy atom. The molecule has 2 aromatic carbocycles. The van der Waals surface area contributed by atoms with Crippen molar-refractivity contribution in [3.05, 3.63) is 58.1 Å². The van der Waals surface area contributed by atoms with Gasteiger partial charge in [0.25, 0.3) is 11.8 Å². The van der Waals surface area contributed by atoms with Gasteiger partial charge in [0.1, 0.15) is 5.75 Å². The number of carbonyl (C=O) groups excluding carboxylic acids is 2. The van der Waals surface area contributed by atoms with E-state index in [4.69, 9.17) is 4.74 Å². The summed E-state index contributed by atoms with van der Waals surface area (Å²) < 4.78 is 6.51. The molecule has 2 amide bonds. The van der Waals surface area contributed by atoms with Gasteiger partial charge in [0, 0.05) is 11.0 Å². The van der Waals surface area contributed by atoms with Gasteiger partial charge in [-0.3, -0.25) is 9.59 Å². The number of carbonyl (C=O) groups is 2. The average Bonchev–Trinajstić information content (AvgIpc) is 2.63. The Morgan fingerprint density at radius 1 is 1.15 bits per heavy atom. The third-order valence-corrected chi connectivity index (χ3v) is 4.65. The van der Waals surface area contributed by atoms with Gasteiger partial charge in [-0.2, -0.15) is 0 Å². The van der Waals surface area contributed by atoms with Crippen molar-refractivity contribution >= 4 is 33.4 Å². The number of ether oxygens (including phenoxy) is 1. The zero-order valence-corrected chi connectivity index (χ0v) is 16.6. The summed E-state index contributed by atoms with van der Waals surface area (Å²) in [5.74, 6) is 0.102. The molecule has 0 aliphatic carbocycles. The lowest BCUT2D eigenvalue weighted by molar-refractivity contribution is -0.118. The van der Waals surface area contributed by atoms with Crippen molar-refractivity contribution < 1.29 is 14.3 Å². The van der Waals surface area contributed by atoms with E-state index in [1.807, 2.05) is 19.1 Å². The number of halogens is 1. The van der Waals surface area contributed by atoms with Crippen LogP contribution in [0.25, 0.3) is 0 Å². The molecule has 0 heterocycles. The molecule has 0 saturated heterocycles. The molecule has 0 fully saturated rings. The highest BCUT2D eigenvalue weighted by atomic mass is 79.9. The van der Waals surface area contributed by atoms with E-state index in [2.05, 4.69) is 33.5 Å². The van der Waals surface area contributed by atoms with Gasteiger partial charge < -0.3 is 15.4 Å². The fourth-order valence-corrected chi connectivity index (χ4v) is 2.55. The zero-order valence-electron chi connectivity index (χ0n) is 15.0. The molecule has 2 aromatic rings. The number of benzene rings is 2. The van der Waals surface area contributed by atoms with Gasteiger partial charge in [0.15, 0.2) is 6.61 Å². The average molecular weight is 419 g/mol. The predicted octanol–water partition coefficient (Wildman–Crippen LogP) is 4.30. The Labute approximate surface area is 162 Å². The first-order valence-electron chi connectivity index (χ1n) is 8.57. The largest absolute Gasteiger partial charge is 0.484 e. The summed E-state index contributed by atoms with van der Waals surface area (Å²) in [5, 5.41) is 5.60. The van der Waals surface area contributed by atoms with Crippen LogP contribution in [-0.4, -0.2) is 25.0 Å². The van der Waals surface area contributed by atoms with Gasteiger partial charge in [0.2, 0.25) is 0 Å². The van der Waals surface area contributed by atoms with E-state index in [-0.39, 0.29) is 18.4 Å². The third-order valence-electron chi connectivity index (χ3n) is 3.76. The van der Waals surface area contributed by atoms with Crippen LogP contribution in [0.15, 0.2) is 46.9 Å². The summed E-state index contributed by atoms with van der Waals surface area (Å²) in [6.07, 6.45) is 1.92. The minimum atomic E-state index is -0.320. The molecular weight excluding hydrogens is 396 g/mol. The molecular formula is C20H23BrN2O3. The summed E-state index contributed by atoms with van der Waals surface area (Å²) in [6, 6.07) is 12.5. The summed E-state index contributed by atoms with van der Waals surface area (Å²) >= 11 is 3.42. The maximum atomic E-state index is 12.3. The number of unbranched alkanes of at least 4 members (excludes halogenated alkanes) is 1. The Balaban J connectivity index is 1.96. The van der Waals surface area contributed by atoms with Crippen molar-refractivity contribution in [2.75, 3.05) is 18.5 Å². The van der Waals surface area contributed by atoms with Gasteiger partial charge in [0.05, 0.1) is 11.3 Å². The van der Waals surface area contributed by atoms with Crippen molar-refractivity contribution in [2.24, 2.45) is 0 Å². The van der Waals surface area contributed by atoms with Crippen molar-refractivity contribution in [2.45, 2.75) is 26.7 Å². The molecule has 0 aromatic heterocycles. The van der Waals surface area contributed by atoms with Crippen LogP contribution in [0.4, 0.5) is 5.69 Å². The molecule has 138 valence electrons. The Kier molecular flexibility index (Phi) is 7.66. The number of hydrogen-bond acceptors (Lipinski definition) is 3. The van der Waals surface area contributed by atoms with Crippen molar-refractivity contribution in [3.8, 4) is 5.75 Å². The predicted molar refractivity (Wildman–Crippen MR) is 107 cm³/mol. The minimum Gasteiger partial charge on any atom is -0.484 e. The second kappa shape index (κ2) is 9.97. The highest BCUT2D eigenvalue weighted by Crippen LogP contribution is 2.21. The maximum Gasteiger partial charge on any atom is 0.262 e. The smallest absolute Gasteiger partial charge is 0.262 e. The van der Waals surface area contributed by atoms with Crippen molar-refractivity contribution in [1.82, 2.24) is 5.32 Å². The molecule has 0 radical (unpaired) electrons. The first kappa shape index (κ1) is 20.0. The Hall–Kier alpha value is -2.34. The molecule has 0 spiro atoms. The van der Waals surface area contributed by atoms with E-state index in [0.29, 0.717) is 23.5 Å². The second-order valence-corrected chi connectivity index (χ2v) is 6.76. The zero-order chi connectivity index (χ0) is 18.9. The number of nitrogens with one attached hydrogen (secondary N) is 2. The van der Waals surface area contributed by atoms with Crippen molar-refractivity contribution in [1.29, 1.82) is 0 Å². The van der Waals surface area contributed by atoms with Crippen LogP contribution < -0.4 is 15.4 Å². The number of rotatable bonds is 8. The van der Waals surface area contributed by atoms with E-state index in [1.54, 1.807) is 30.3 Å². The topological polar surface area (TPSA) is 67.4 Å². The number of anilines is 1.